The Bertz CT molecular complexity index is 539. The van der Waals surface area contributed by atoms with E-state index in [-0.39, 0.29) is 17.7 Å². The first-order valence-corrected chi connectivity index (χ1v) is 7.23. The first-order chi connectivity index (χ1) is 8.53. The minimum atomic E-state index is -3.35. The second-order valence-electron chi connectivity index (χ2n) is 4.01. The number of carbonyl (C=O) groups excluding carboxylic acids is 1. The van der Waals surface area contributed by atoms with Crippen molar-refractivity contribution >= 4 is 21.7 Å². The largest absolute Gasteiger partial charge is 0.466 e. The molecule has 1 aliphatic heterocycles. The molecule has 8 nitrogen and oxygen atoms in total. The zero-order chi connectivity index (χ0) is 13.2. The van der Waals surface area contributed by atoms with Gasteiger partial charge in [0.1, 0.15) is 5.25 Å². The summed E-state index contributed by atoms with van der Waals surface area (Å²) in [6.07, 6.45) is 1.69. The van der Waals surface area contributed by atoms with E-state index in [1.54, 1.807) is 0 Å². The zero-order valence-electron chi connectivity index (χ0n) is 9.84. The lowest BCUT2D eigenvalue weighted by Crippen LogP contribution is -2.39. The number of rotatable bonds is 3. The molecular weight excluding hydrogens is 260 g/mol. The van der Waals surface area contributed by atoms with Crippen molar-refractivity contribution in [2.24, 2.45) is 0 Å². The SMILES string of the molecule is COc1n[nH]c(NC(=O)C2CCCCS2(=O)=O)n1. The number of carbonyl (C=O) groups is 1. The molecule has 0 saturated carbocycles. The second kappa shape index (κ2) is 4.92. The number of aromatic amines is 1. The van der Waals surface area contributed by atoms with E-state index in [2.05, 4.69) is 20.5 Å². The topological polar surface area (TPSA) is 114 Å². The van der Waals surface area contributed by atoms with E-state index in [0.717, 1.165) is 6.42 Å². The van der Waals surface area contributed by atoms with Crippen molar-refractivity contribution in [2.75, 3.05) is 18.2 Å². The summed E-state index contributed by atoms with van der Waals surface area (Å²) in [7, 11) is -1.96. The fourth-order valence-electron chi connectivity index (χ4n) is 1.84. The Morgan fingerprint density at radius 2 is 2.28 bits per heavy atom. The predicted molar refractivity (Wildman–Crippen MR) is 63.0 cm³/mol. The average Bonchev–Trinajstić information content (AvgIpc) is 2.76. The number of aromatic nitrogens is 3. The van der Waals surface area contributed by atoms with E-state index in [1.807, 2.05) is 0 Å². The zero-order valence-corrected chi connectivity index (χ0v) is 10.7. The third-order valence-corrected chi connectivity index (χ3v) is 4.93. The quantitative estimate of drug-likeness (QED) is 0.783. The van der Waals surface area contributed by atoms with Crippen LogP contribution in [0.3, 0.4) is 0 Å². The molecule has 2 heterocycles. The number of nitrogens with zero attached hydrogens (tertiary/aromatic N) is 2. The third-order valence-electron chi connectivity index (χ3n) is 2.76. The maximum absolute atomic E-state index is 11.9. The van der Waals surface area contributed by atoms with Crippen molar-refractivity contribution in [3.63, 3.8) is 0 Å². The number of H-pyrrole nitrogens is 1. The van der Waals surface area contributed by atoms with Crippen LogP contribution in [0.2, 0.25) is 0 Å². The van der Waals surface area contributed by atoms with Gasteiger partial charge in [-0.1, -0.05) is 6.42 Å². The third kappa shape index (κ3) is 2.61. The summed E-state index contributed by atoms with van der Waals surface area (Å²) in [5.74, 6) is -0.434. The number of nitrogens with one attached hydrogen (secondary N) is 2. The van der Waals surface area contributed by atoms with Crippen molar-refractivity contribution in [2.45, 2.75) is 24.5 Å². The molecule has 0 bridgehead atoms. The molecule has 1 aromatic heterocycles. The molecule has 18 heavy (non-hydrogen) atoms. The molecular formula is C9H14N4O4S. The van der Waals surface area contributed by atoms with Crippen LogP contribution in [0.25, 0.3) is 0 Å². The van der Waals surface area contributed by atoms with Crippen LogP contribution in [0.15, 0.2) is 0 Å². The van der Waals surface area contributed by atoms with Crippen molar-refractivity contribution in [3.05, 3.63) is 0 Å². The van der Waals surface area contributed by atoms with Crippen LogP contribution in [-0.4, -0.2) is 47.6 Å². The van der Waals surface area contributed by atoms with Crippen LogP contribution in [0, 0.1) is 0 Å². The Balaban J connectivity index is 2.07. The van der Waals surface area contributed by atoms with E-state index < -0.39 is 21.0 Å². The number of anilines is 1. The summed E-state index contributed by atoms with van der Waals surface area (Å²) >= 11 is 0. The molecule has 1 aromatic rings. The van der Waals surface area contributed by atoms with Gasteiger partial charge in [0.15, 0.2) is 9.84 Å². The van der Waals surface area contributed by atoms with Crippen molar-refractivity contribution in [1.82, 2.24) is 15.2 Å². The number of hydrogen-bond acceptors (Lipinski definition) is 6. The van der Waals surface area contributed by atoms with E-state index in [1.165, 1.54) is 7.11 Å². The lowest BCUT2D eigenvalue weighted by atomic mass is 10.2. The Morgan fingerprint density at radius 3 is 2.89 bits per heavy atom. The van der Waals surface area contributed by atoms with Gasteiger partial charge in [0, 0.05) is 0 Å². The summed E-state index contributed by atoms with van der Waals surface area (Å²) in [6, 6.07) is 0.0804. The first-order valence-electron chi connectivity index (χ1n) is 5.52. The van der Waals surface area contributed by atoms with Gasteiger partial charge in [0.25, 0.3) is 0 Å². The van der Waals surface area contributed by atoms with Gasteiger partial charge in [0.2, 0.25) is 11.9 Å². The molecule has 1 atom stereocenters. The molecule has 1 aliphatic rings. The van der Waals surface area contributed by atoms with E-state index >= 15 is 0 Å². The maximum Gasteiger partial charge on any atom is 0.336 e. The molecule has 1 unspecified atom stereocenters. The van der Waals surface area contributed by atoms with Crippen LogP contribution in [-0.2, 0) is 14.6 Å². The summed E-state index contributed by atoms with van der Waals surface area (Å²) in [6.45, 7) is 0. The average molecular weight is 274 g/mol. The first kappa shape index (κ1) is 12.8. The number of sulfone groups is 1. The van der Waals surface area contributed by atoms with Gasteiger partial charge in [-0.25, -0.2) is 13.5 Å². The number of ether oxygens (including phenoxy) is 1. The fraction of sp³-hybridized carbons (Fsp3) is 0.667. The molecule has 0 aliphatic carbocycles. The normalized spacial score (nSPS) is 22.4. The minimum absolute atomic E-state index is 0.0603. The van der Waals surface area contributed by atoms with Crippen molar-refractivity contribution < 1.29 is 17.9 Å². The Labute approximate surface area is 104 Å². The van der Waals surface area contributed by atoms with Crippen molar-refractivity contribution in [1.29, 1.82) is 0 Å². The highest BCUT2D eigenvalue weighted by Gasteiger charge is 2.35. The molecule has 1 saturated heterocycles. The summed E-state index contributed by atoms with van der Waals surface area (Å²) < 4.78 is 28.2. The molecule has 0 radical (unpaired) electrons. The lowest BCUT2D eigenvalue weighted by Gasteiger charge is -2.20. The van der Waals surface area contributed by atoms with Crippen molar-refractivity contribution in [3.8, 4) is 6.01 Å². The Hall–Kier alpha value is -1.64. The molecule has 1 amide bonds. The summed E-state index contributed by atoms with van der Waals surface area (Å²) in [5, 5.41) is 7.48. The van der Waals surface area contributed by atoms with E-state index in [9.17, 15) is 13.2 Å². The van der Waals surface area contributed by atoms with Gasteiger partial charge in [0.05, 0.1) is 12.9 Å². The lowest BCUT2D eigenvalue weighted by molar-refractivity contribution is -0.116. The van der Waals surface area contributed by atoms with Gasteiger partial charge < -0.3 is 4.74 Å². The molecule has 2 N–H and O–H groups in total. The van der Waals surface area contributed by atoms with Gasteiger partial charge in [-0.05, 0) is 12.8 Å². The molecule has 0 aromatic carbocycles. The summed E-state index contributed by atoms with van der Waals surface area (Å²) in [5.41, 5.74) is 0. The second-order valence-corrected chi connectivity index (χ2v) is 6.31. The van der Waals surface area contributed by atoms with Crippen LogP contribution >= 0.6 is 0 Å². The predicted octanol–water partition coefficient (Wildman–Crippen LogP) is -0.281. The minimum Gasteiger partial charge on any atom is -0.466 e. The molecule has 9 heteroatoms. The molecule has 0 spiro atoms. The van der Waals surface area contributed by atoms with Gasteiger partial charge in [-0.15, -0.1) is 5.10 Å². The molecule has 2 rings (SSSR count). The number of hydrogen-bond donors (Lipinski definition) is 2. The van der Waals surface area contributed by atoms with Gasteiger partial charge in [-0.2, -0.15) is 4.98 Å². The Kier molecular flexibility index (Phi) is 3.50. The smallest absolute Gasteiger partial charge is 0.336 e. The summed E-state index contributed by atoms with van der Waals surface area (Å²) in [4.78, 5) is 15.7. The highest BCUT2D eigenvalue weighted by Crippen LogP contribution is 2.20. The van der Waals surface area contributed by atoms with Crippen LogP contribution in [0.4, 0.5) is 5.95 Å². The number of methoxy groups -OCH3 is 1. The Morgan fingerprint density at radius 1 is 1.50 bits per heavy atom. The van der Waals surface area contributed by atoms with Gasteiger partial charge >= 0.3 is 6.01 Å². The molecule has 1 fully saturated rings. The maximum atomic E-state index is 11.9. The van der Waals surface area contributed by atoms with Crippen LogP contribution in [0.5, 0.6) is 6.01 Å². The van der Waals surface area contributed by atoms with Crippen LogP contribution < -0.4 is 10.1 Å². The standard InChI is InChI=1S/C9H14N4O4S/c1-17-9-11-8(12-13-9)10-7(14)6-4-2-3-5-18(6,15)16/h6H,2-5H2,1H3,(H2,10,11,12,13,14). The number of amides is 1. The monoisotopic (exact) mass is 274 g/mol. The molecule has 100 valence electrons. The highest BCUT2D eigenvalue weighted by molar-refractivity contribution is 7.92. The highest BCUT2D eigenvalue weighted by atomic mass is 32.2. The van der Waals surface area contributed by atoms with E-state index in [4.69, 9.17) is 4.74 Å². The van der Waals surface area contributed by atoms with Crippen LogP contribution in [0.1, 0.15) is 19.3 Å². The fourth-order valence-corrected chi connectivity index (χ4v) is 3.64. The van der Waals surface area contributed by atoms with Gasteiger partial charge in [-0.3, -0.25) is 10.1 Å². The van der Waals surface area contributed by atoms with E-state index in [0.29, 0.717) is 12.8 Å².